The first-order chi connectivity index (χ1) is 9.01. The van der Waals surface area contributed by atoms with Crippen LogP contribution in [-0.2, 0) is 22.1 Å². The normalized spacial score (nSPS) is 13.3. The summed E-state index contributed by atoms with van der Waals surface area (Å²) in [7, 11) is 0. The molecule has 0 spiro atoms. The summed E-state index contributed by atoms with van der Waals surface area (Å²) in [6.45, 7) is 4.75. The van der Waals surface area contributed by atoms with E-state index in [1.165, 1.54) is 13.0 Å². The zero-order valence-electron chi connectivity index (χ0n) is 12.0. The van der Waals surface area contributed by atoms with Gasteiger partial charge in [0.15, 0.2) is 0 Å². The van der Waals surface area contributed by atoms with Gasteiger partial charge < -0.3 is 10.5 Å². The Morgan fingerprint density at radius 2 is 1.90 bits per heavy atom. The average Bonchev–Trinajstić information content (AvgIpc) is 2.26. The SMILES string of the molecule is CC(N)C(=O)OC(C)(C)Cc1cccc(C(F)(F)F)c1.Cl. The molecule has 3 nitrogen and oxygen atoms in total. The third kappa shape index (κ3) is 6.35. The fourth-order valence-electron chi connectivity index (χ4n) is 1.75. The number of ether oxygens (including phenoxy) is 1. The van der Waals surface area contributed by atoms with E-state index in [2.05, 4.69) is 0 Å². The third-order valence-electron chi connectivity index (χ3n) is 2.63. The smallest absolute Gasteiger partial charge is 0.416 e. The fraction of sp³-hybridized carbons (Fsp3) is 0.500. The van der Waals surface area contributed by atoms with Crippen molar-refractivity contribution in [3.8, 4) is 0 Å². The van der Waals surface area contributed by atoms with Crippen LogP contribution in [0.2, 0.25) is 0 Å². The summed E-state index contributed by atoms with van der Waals surface area (Å²) < 4.78 is 43.0. The van der Waals surface area contributed by atoms with Crippen molar-refractivity contribution in [3.05, 3.63) is 35.4 Å². The third-order valence-corrected chi connectivity index (χ3v) is 2.63. The molecule has 0 radical (unpaired) electrons. The molecule has 1 aromatic rings. The molecule has 1 atom stereocenters. The number of carbonyl (C=O) groups excluding carboxylic acids is 1. The quantitative estimate of drug-likeness (QED) is 0.864. The van der Waals surface area contributed by atoms with Gasteiger partial charge in [0.25, 0.3) is 0 Å². The van der Waals surface area contributed by atoms with Gasteiger partial charge in [-0.1, -0.05) is 18.2 Å². The molecule has 7 heteroatoms. The molecule has 0 aliphatic carbocycles. The monoisotopic (exact) mass is 325 g/mol. The number of carbonyl (C=O) groups is 1. The molecule has 0 aliphatic heterocycles. The summed E-state index contributed by atoms with van der Waals surface area (Å²) in [6.07, 6.45) is -4.21. The summed E-state index contributed by atoms with van der Waals surface area (Å²) in [4.78, 5) is 11.4. The van der Waals surface area contributed by atoms with Crippen LogP contribution >= 0.6 is 12.4 Å². The van der Waals surface area contributed by atoms with Crippen LogP contribution in [0.25, 0.3) is 0 Å². The van der Waals surface area contributed by atoms with E-state index in [0.29, 0.717) is 5.56 Å². The maximum Gasteiger partial charge on any atom is 0.416 e. The molecule has 1 unspecified atom stereocenters. The van der Waals surface area contributed by atoms with Crippen molar-refractivity contribution in [2.75, 3.05) is 0 Å². The first-order valence-electron chi connectivity index (χ1n) is 6.16. The molecule has 1 rings (SSSR count). The van der Waals surface area contributed by atoms with E-state index in [1.54, 1.807) is 19.9 Å². The van der Waals surface area contributed by atoms with Crippen molar-refractivity contribution in [2.45, 2.75) is 45.0 Å². The predicted molar refractivity (Wildman–Crippen MR) is 76.2 cm³/mol. The van der Waals surface area contributed by atoms with Gasteiger partial charge in [0.1, 0.15) is 11.6 Å². The summed E-state index contributed by atoms with van der Waals surface area (Å²) in [5.74, 6) is -0.582. The molecule has 0 aliphatic rings. The molecule has 0 aromatic heterocycles. The van der Waals surface area contributed by atoms with Crippen molar-refractivity contribution in [3.63, 3.8) is 0 Å². The van der Waals surface area contributed by atoms with Crippen LogP contribution in [-0.4, -0.2) is 17.6 Å². The topological polar surface area (TPSA) is 52.3 Å². The number of halogens is 4. The maximum atomic E-state index is 12.6. The van der Waals surface area contributed by atoms with Gasteiger partial charge in [-0.05, 0) is 32.4 Å². The Morgan fingerprint density at radius 3 is 2.38 bits per heavy atom. The molecular formula is C14H19ClF3NO2. The number of nitrogens with two attached hydrogens (primary N) is 1. The number of esters is 1. The van der Waals surface area contributed by atoms with Crippen LogP contribution in [0, 0.1) is 0 Å². The van der Waals surface area contributed by atoms with Crippen LogP contribution in [0.4, 0.5) is 13.2 Å². The highest BCUT2D eigenvalue weighted by Gasteiger charge is 2.31. The van der Waals surface area contributed by atoms with Gasteiger partial charge in [-0.3, -0.25) is 4.79 Å². The van der Waals surface area contributed by atoms with Crippen molar-refractivity contribution in [2.24, 2.45) is 5.73 Å². The van der Waals surface area contributed by atoms with Gasteiger partial charge in [0, 0.05) is 6.42 Å². The lowest BCUT2D eigenvalue weighted by molar-refractivity contribution is -0.157. The first kappa shape index (κ1) is 19.7. The Labute approximate surface area is 128 Å². The fourth-order valence-corrected chi connectivity index (χ4v) is 1.75. The van der Waals surface area contributed by atoms with Gasteiger partial charge in [-0.2, -0.15) is 13.2 Å². The van der Waals surface area contributed by atoms with E-state index < -0.39 is 29.4 Å². The number of alkyl halides is 3. The highest BCUT2D eigenvalue weighted by molar-refractivity contribution is 5.85. The molecule has 0 fully saturated rings. The van der Waals surface area contributed by atoms with Gasteiger partial charge in [-0.25, -0.2) is 0 Å². The van der Waals surface area contributed by atoms with Crippen LogP contribution < -0.4 is 5.73 Å². The molecule has 0 bridgehead atoms. The maximum absolute atomic E-state index is 12.6. The second-order valence-corrected chi connectivity index (χ2v) is 5.34. The van der Waals surface area contributed by atoms with E-state index >= 15 is 0 Å². The molecule has 120 valence electrons. The first-order valence-corrected chi connectivity index (χ1v) is 6.16. The van der Waals surface area contributed by atoms with Gasteiger partial charge in [0.2, 0.25) is 0 Å². The minimum absolute atomic E-state index is 0. The predicted octanol–water partition coefficient (Wildman–Crippen LogP) is 3.34. The van der Waals surface area contributed by atoms with Gasteiger partial charge in [0.05, 0.1) is 5.56 Å². The zero-order valence-corrected chi connectivity index (χ0v) is 12.8. The largest absolute Gasteiger partial charge is 0.458 e. The minimum Gasteiger partial charge on any atom is -0.458 e. The van der Waals surface area contributed by atoms with E-state index in [9.17, 15) is 18.0 Å². The lowest BCUT2D eigenvalue weighted by atomic mass is 9.97. The molecule has 0 saturated heterocycles. The summed E-state index contributed by atoms with van der Waals surface area (Å²) >= 11 is 0. The standard InChI is InChI=1S/C14H18F3NO2.ClH/c1-9(18)12(19)20-13(2,3)8-10-5-4-6-11(7-10)14(15,16)17;/h4-7,9H,8,18H2,1-3H3;1H. The van der Waals surface area contributed by atoms with Crippen molar-refractivity contribution in [1.29, 1.82) is 0 Å². The van der Waals surface area contributed by atoms with Crippen LogP contribution in [0.15, 0.2) is 24.3 Å². The number of benzene rings is 1. The van der Waals surface area contributed by atoms with E-state index in [4.69, 9.17) is 10.5 Å². The second-order valence-electron chi connectivity index (χ2n) is 5.34. The molecule has 21 heavy (non-hydrogen) atoms. The molecule has 2 N–H and O–H groups in total. The highest BCUT2D eigenvalue weighted by atomic mass is 35.5. The lowest BCUT2D eigenvalue weighted by Crippen LogP contribution is -2.38. The minimum atomic E-state index is -4.39. The van der Waals surface area contributed by atoms with Crippen LogP contribution in [0.1, 0.15) is 31.9 Å². The summed E-state index contributed by atoms with van der Waals surface area (Å²) in [6, 6.07) is 4.19. The molecule has 0 heterocycles. The number of rotatable bonds is 4. The Morgan fingerprint density at radius 1 is 1.33 bits per heavy atom. The van der Waals surface area contributed by atoms with Gasteiger partial charge in [-0.15, -0.1) is 12.4 Å². The Bertz CT molecular complexity index is 487. The number of hydrogen-bond donors (Lipinski definition) is 1. The summed E-state index contributed by atoms with van der Waals surface area (Å²) in [5.41, 5.74) is 4.20. The lowest BCUT2D eigenvalue weighted by Gasteiger charge is -2.26. The highest BCUT2D eigenvalue weighted by Crippen LogP contribution is 2.30. The van der Waals surface area contributed by atoms with E-state index in [-0.39, 0.29) is 18.8 Å². The van der Waals surface area contributed by atoms with Crippen molar-refractivity contribution in [1.82, 2.24) is 0 Å². The molecule has 1 aromatic carbocycles. The number of hydrogen-bond acceptors (Lipinski definition) is 3. The average molecular weight is 326 g/mol. The van der Waals surface area contributed by atoms with Crippen molar-refractivity contribution >= 4 is 18.4 Å². The van der Waals surface area contributed by atoms with Crippen LogP contribution in [0.3, 0.4) is 0 Å². The van der Waals surface area contributed by atoms with E-state index in [0.717, 1.165) is 12.1 Å². The van der Waals surface area contributed by atoms with Gasteiger partial charge >= 0.3 is 12.1 Å². The Kier molecular flexibility index (Phi) is 6.70. The zero-order chi connectivity index (χ0) is 15.6. The summed E-state index contributed by atoms with van der Waals surface area (Å²) in [5, 5.41) is 0. The van der Waals surface area contributed by atoms with E-state index in [1.807, 2.05) is 0 Å². The molecule has 0 saturated carbocycles. The molecular weight excluding hydrogens is 307 g/mol. The Balaban J connectivity index is 0.00000400. The van der Waals surface area contributed by atoms with Crippen LogP contribution in [0.5, 0.6) is 0 Å². The Hall–Kier alpha value is -1.27. The molecule has 0 amide bonds. The second kappa shape index (κ2) is 7.13. The van der Waals surface area contributed by atoms with Crippen molar-refractivity contribution < 1.29 is 22.7 Å².